The van der Waals surface area contributed by atoms with Gasteiger partial charge in [-0.15, -0.1) is 0 Å². The Bertz CT molecular complexity index is 519. The normalized spacial score (nSPS) is 18.9. The summed E-state index contributed by atoms with van der Waals surface area (Å²) in [5.41, 5.74) is 5.65. The number of likely N-dealkylation sites (tertiary alicyclic amines) is 1. The Hall–Kier alpha value is -1.69. The van der Waals surface area contributed by atoms with Crippen molar-refractivity contribution in [3.05, 3.63) is 29.3 Å². The molecule has 2 N–H and O–H groups in total. The fourth-order valence-electron chi connectivity index (χ4n) is 2.62. The Morgan fingerprint density at radius 1 is 1.40 bits per heavy atom. The summed E-state index contributed by atoms with van der Waals surface area (Å²) >= 11 is 0. The zero-order chi connectivity index (χ0) is 14.9. The van der Waals surface area contributed by atoms with Gasteiger partial charge in [0.2, 0.25) is 0 Å². The van der Waals surface area contributed by atoms with Crippen molar-refractivity contribution in [2.75, 3.05) is 32.9 Å². The van der Waals surface area contributed by atoms with Crippen LogP contribution in [-0.2, 0) is 0 Å². The van der Waals surface area contributed by atoms with E-state index in [0.29, 0.717) is 6.54 Å². The zero-order valence-electron chi connectivity index (χ0n) is 11.7. The number of benzene rings is 1. The van der Waals surface area contributed by atoms with Gasteiger partial charge >= 0.3 is 0 Å². The van der Waals surface area contributed by atoms with E-state index in [-0.39, 0.29) is 23.2 Å². The summed E-state index contributed by atoms with van der Waals surface area (Å²) in [5, 5.41) is 0. The summed E-state index contributed by atoms with van der Waals surface area (Å²) in [6.07, 6.45) is 1.82. The third kappa shape index (κ3) is 2.90. The van der Waals surface area contributed by atoms with E-state index in [4.69, 9.17) is 5.73 Å². The van der Waals surface area contributed by atoms with Crippen molar-refractivity contribution in [1.29, 1.82) is 0 Å². The molecule has 1 heterocycles. The average Bonchev–Trinajstić information content (AvgIpc) is 2.80. The van der Waals surface area contributed by atoms with Gasteiger partial charge in [0.1, 0.15) is 0 Å². The van der Waals surface area contributed by atoms with Crippen molar-refractivity contribution in [3.63, 3.8) is 0 Å². The lowest BCUT2D eigenvalue weighted by atomic mass is 10.1. The number of hydrogen-bond acceptors (Lipinski definition) is 3. The number of nitrogen functional groups attached to an aromatic ring is 1. The van der Waals surface area contributed by atoms with E-state index >= 15 is 0 Å². The molecule has 1 saturated heterocycles. The van der Waals surface area contributed by atoms with Gasteiger partial charge in [0, 0.05) is 30.9 Å². The van der Waals surface area contributed by atoms with Crippen molar-refractivity contribution >= 4 is 11.6 Å². The Morgan fingerprint density at radius 3 is 2.70 bits per heavy atom. The zero-order valence-corrected chi connectivity index (χ0v) is 11.7. The first-order valence-corrected chi connectivity index (χ1v) is 6.60. The summed E-state index contributed by atoms with van der Waals surface area (Å²) in [4.78, 5) is 16.2. The largest absolute Gasteiger partial charge is 0.398 e. The van der Waals surface area contributed by atoms with E-state index < -0.39 is 11.6 Å². The molecule has 1 atom stereocenters. The first-order valence-electron chi connectivity index (χ1n) is 6.60. The highest BCUT2D eigenvalue weighted by atomic mass is 19.2. The molecule has 1 amide bonds. The van der Waals surface area contributed by atoms with Crippen molar-refractivity contribution in [1.82, 2.24) is 9.80 Å². The van der Waals surface area contributed by atoms with Crippen LogP contribution < -0.4 is 5.73 Å². The fraction of sp³-hybridized carbons (Fsp3) is 0.500. The first-order chi connectivity index (χ1) is 9.40. The Kier molecular flexibility index (Phi) is 4.23. The second-order valence-electron chi connectivity index (χ2n) is 5.41. The number of likely N-dealkylation sites (N-methyl/N-ethyl adjacent to an activating group) is 1. The van der Waals surface area contributed by atoms with Crippen LogP contribution in [0.5, 0.6) is 0 Å². The molecule has 0 spiro atoms. The lowest BCUT2D eigenvalue weighted by Crippen LogP contribution is -2.41. The number of rotatable bonds is 3. The molecular formula is C14H19F2N3O. The van der Waals surface area contributed by atoms with Crippen LogP contribution in [0, 0.1) is 11.6 Å². The van der Waals surface area contributed by atoms with Gasteiger partial charge in [0.05, 0.1) is 5.56 Å². The molecule has 1 aromatic rings. The number of halogens is 2. The van der Waals surface area contributed by atoms with E-state index in [9.17, 15) is 13.6 Å². The molecule has 0 saturated carbocycles. The molecule has 110 valence electrons. The van der Waals surface area contributed by atoms with Gasteiger partial charge < -0.3 is 15.5 Å². The van der Waals surface area contributed by atoms with Crippen LogP contribution in [0.3, 0.4) is 0 Å². The van der Waals surface area contributed by atoms with Crippen molar-refractivity contribution in [2.45, 2.75) is 18.9 Å². The second-order valence-corrected chi connectivity index (χ2v) is 5.41. The molecule has 1 aliphatic heterocycles. The van der Waals surface area contributed by atoms with Gasteiger partial charge in [-0.2, -0.15) is 0 Å². The minimum absolute atomic E-state index is 0.0237. The van der Waals surface area contributed by atoms with Gasteiger partial charge in [-0.05, 0) is 33.0 Å². The molecule has 0 aliphatic carbocycles. The van der Waals surface area contributed by atoms with Crippen LogP contribution in [0.2, 0.25) is 0 Å². The monoisotopic (exact) mass is 283 g/mol. The first kappa shape index (κ1) is 14.7. The maximum Gasteiger partial charge on any atom is 0.256 e. The molecule has 0 bridgehead atoms. The summed E-state index contributed by atoms with van der Waals surface area (Å²) in [5.74, 6) is -2.41. The number of carbonyl (C=O) groups is 1. The Morgan fingerprint density at radius 2 is 2.05 bits per heavy atom. The Labute approximate surface area is 117 Å². The van der Waals surface area contributed by atoms with Crippen LogP contribution in [0.4, 0.5) is 14.5 Å². The maximum absolute atomic E-state index is 13.3. The van der Waals surface area contributed by atoms with E-state index in [2.05, 4.69) is 0 Å². The summed E-state index contributed by atoms with van der Waals surface area (Å²) in [6.45, 7) is 1.37. The highest BCUT2D eigenvalue weighted by Crippen LogP contribution is 2.24. The fourth-order valence-corrected chi connectivity index (χ4v) is 2.62. The van der Waals surface area contributed by atoms with E-state index in [0.717, 1.165) is 31.5 Å². The third-order valence-corrected chi connectivity index (χ3v) is 3.54. The van der Waals surface area contributed by atoms with Crippen molar-refractivity contribution in [3.8, 4) is 0 Å². The van der Waals surface area contributed by atoms with Crippen molar-refractivity contribution < 1.29 is 13.6 Å². The van der Waals surface area contributed by atoms with E-state index in [1.54, 1.807) is 4.90 Å². The van der Waals surface area contributed by atoms with Gasteiger partial charge in [-0.3, -0.25) is 4.79 Å². The molecule has 0 aromatic heterocycles. The van der Waals surface area contributed by atoms with E-state index in [1.165, 1.54) is 0 Å². The molecule has 20 heavy (non-hydrogen) atoms. The average molecular weight is 283 g/mol. The topological polar surface area (TPSA) is 49.6 Å². The van der Waals surface area contributed by atoms with Crippen LogP contribution in [0.1, 0.15) is 23.2 Å². The molecule has 0 radical (unpaired) electrons. The van der Waals surface area contributed by atoms with Gasteiger partial charge in [0.25, 0.3) is 5.91 Å². The molecule has 1 aliphatic rings. The number of carbonyl (C=O) groups excluding carboxylic acids is 1. The third-order valence-electron chi connectivity index (χ3n) is 3.54. The SMILES string of the molecule is CN(C)CC1CCCN1C(=O)c1cc(F)c(F)cc1N. The molecule has 4 nitrogen and oxygen atoms in total. The quantitative estimate of drug-likeness (QED) is 0.859. The Balaban J connectivity index is 2.24. The van der Waals surface area contributed by atoms with Crippen LogP contribution in [0.25, 0.3) is 0 Å². The number of anilines is 1. The summed E-state index contributed by atoms with van der Waals surface area (Å²) in [6, 6.07) is 1.84. The highest BCUT2D eigenvalue weighted by Gasteiger charge is 2.31. The highest BCUT2D eigenvalue weighted by molar-refractivity contribution is 5.99. The van der Waals surface area contributed by atoms with Crippen LogP contribution in [0.15, 0.2) is 12.1 Å². The van der Waals surface area contributed by atoms with E-state index in [1.807, 2.05) is 19.0 Å². The minimum atomic E-state index is -1.05. The smallest absolute Gasteiger partial charge is 0.256 e. The maximum atomic E-state index is 13.3. The molecule has 1 fully saturated rings. The van der Waals surface area contributed by atoms with Gasteiger partial charge in [-0.25, -0.2) is 8.78 Å². The van der Waals surface area contributed by atoms with Crippen LogP contribution in [-0.4, -0.2) is 48.9 Å². The molecule has 2 rings (SSSR count). The lowest BCUT2D eigenvalue weighted by Gasteiger charge is -2.27. The molecule has 6 heteroatoms. The predicted molar refractivity (Wildman–Crippen MR) is 73.4 cm³/mol. The number of hydrogen-bond donors (Lipinski definition) is 1. The van der Waals surface area contributed by atoms with Gasteiger partial charge in [-0.1, -0.05) is 0 Å². The number of nitrogens with zero attached hydrogens (tertiary/aromatic N) is 2. The molecule has 1 unspecified atom stereocenters. The van der Waals surface area contributed by atoms with Crippen LogP contribution >= 0.6 is 0 Å². The van der Waals surface area contributed by atoms with Gasteiger partial charge in [0.15, 0.2) is 11.6 Å². The lowest BCUT2D eigenvalue weighted by molar-refractivity contribution is 0.0717. The molecular weight excluding hydrogens is 264 g/mol. The standard InChI is InChI=1S/C14H19F2N3O/c1-18(2)8-9-4-3-5-19(9)14(20)10-6-11(15)12(16)7-13(10)17/h6-7,9H,3-5,8,17H2,1-2H3. The summed E-state index contributed by atoms with van der Waals surface area (Å²) < 4.78 is 26.4. The number of amides is 1. The summed E-state index contributed by atoms with van der Waals surface area (Å²) in [7, 11) is 3.87. The van der Waals surface area contributed by atoms with Crippen molar-refractivity contribution in [2.24, 2.45) is 0 Å². The number of nitrogens with two attached hydrogens (primary N) is 1. The molecule has 1 aromatic carbocycles. The second kappa shape index (κ2) is 5.75. The predicted octanol–water partition coefficient (Wildman–Crippen LogP) is 1.71. The minimum Gasteiger partial charge on any atom is -0.398 e.